The highest BCUT2D eigenvalue weighted by Gasteiger charge is 2.23. The van der Waals surface area contributed by atoms with Crippen LogP contribution in [0.25, 0.3) is 0 Å². The summed E-state index contributed by atoms with van der Waals surface area (Å²) in [7, 11) is 0. The average Bonchev–Trinajstić information content (AvgIpc) is 2.56. The largest absolute Gasteiger partial charge is 0.343 e. The molecule has 1 heterocycles. The maximum atomic E-state index is 12.0. The van der Waals surface area contributed by atoms with E-state index in [-0.39, 0.29) is 18.0 Å². The minimum absolute atomic E-state index is 0.113. The molecule has 3 amide bonds. The fourth-order valence-electron chi connectivity index (χ4n) is 2.95. The van der Waals surface area contributed by atoms with Crippen LogP contribution in [0.4, 0.5) is 4.79 Å². The molecule has 0 bridgehead atoms. The second-order valence-corrected chi connectivity index (χ2v) is 6.89. The minimum atomic E-state index is -0.113. The quantitative estimate of drug-likeness (QED) is 0.841. The Morgan fingerprint density at radius 3 is 2.46 bits per heavy atom. The topological polar surface area (TPSA) is 61.4 Å². The molecule has 0 aromatic heterocycles. The summed E-state index contributed by atoms with van der Waals surface area (Å²) in [5, 5.41) is 5.93. The van der Waals surface area contributed by atoms with Crippen LogP contribution in [0.1, 0.15) is 38.7 Å². The van der Waals surface area contributed by atoms with Crippen molar-refractivity contribution in [3.05, 3.63) is 35.9 Å². The molecule has 1 aliphatic rings. The van der Waals surface area contributed by atoms with Crippen molar-refractivity contribution in [1.29, 1.82) is 0 Å². The molecule has 0 spiro atoms. The maximum Gasteiger partial charge on any atom is 0.315 e. The first-order valence-electron chi connectivity index (χ1n) is 8.90. The van der Waals surface area contributed by atoms with Crippen molar-refractivity contribution in [2.75, 3.05) is 19.6 Å². The number of urea groups is 1. The van der Waals surface area contributed by atoms with Gasteiger partial charge in [-0.2, -0.15) is 0 Å². The summed E-state index contributed by atoms with van der Waals surface area (Å²) in [6, 6.07) is 10.2. The lowest BCUT2D eigenvalue weighted by Crippen LogP contribution is -2.49. The second kappa shape index (κ2) is 9.30. The number of amides is 3. The first kappa shape index (κ1) is 18.3. The zero-order valence-corrected chi connectivity index (χ0v) is 14.8. The Labute approximate surface area is 144 Å². The van der Waals surface area contributed by atoms with Crippen LogP contribution in [-0.2, 0) is 11.2 Å². The Morgan fingerprint density at radius 1 is 1.17 bits per heavy atom. The zero-order chi connectivity index (χ0) is 17.4. The molecular weight excluding hydrogens is 302 g/mol. The van der Waals surface area contributed by atoms with Crippen molar-refractivity contribution in [2.45, 2.75) is 45.6 Å². The van der Waals surface area contributed by atoms with Crippen LogP contribution in [0, 0.1) is 5.92 Å². The lowest BCUT2D eigenvalue weighted by molar-refractivity contribution is -0.133. The van der Waals surface area contributed by atoms with Crippen molar-refractivity contribution in [3.8, 4) is 0 Å². The number of nitrogens with one attached hydrogen (secondary N) is 2. The van der Waals surface area contributed by atoms with Crippen LogP contribution in [0.15, 0.2) is 30.3 Å². The van der Waals surface area contributed by atoms with E-state index in [1.54, 1.807) is 0 Å². The highest BCUT2D eigenvalue weighted by Crippen LogP contribution is 2.13. The highest BCUT2D eigenvalue weighted by atomic mass is 16.2. The van der Waals surface area contributed by atoms with Crippen LogP contribution in [0.3, 0.4) is 0 Å². The molecule has 1 aliphatic heterocycles. The molecule has 0 saturated carbocycles. The smallest absolute Gasteiger partial charge is 0.315 e. The Kier molecular flexibility index (Phi) is 7.09. The average molecular weight is 331 g/mol. The third-order valence-corrected chi connectivity index (χ3v) is 4.31. The van der Waals surface area contributed by atoms with Gasteiger partial charge in [0.05, 0.1) is 0 Å². The van der Waals surface area contributed by atoms with Gasteiger partial charge in [-0.3, -0.25) is 4.79 Å². The van der Waals surface area contributed by atoms with Gasteiger partial charge < -0.3 is 15.5 Å². The molecule has 2 rings (SSSR count). The predicted molar refractivity (Wildman–Crippen MR) is 95.7 cm³/mol. The number of piperidine rings is 1. The van der Waals surface area contributed by atoms with Crippen LogP contribution < -0.4 is 10.6 Å². The van der Waals surface area contributed by atoms with E-state index >= 15 is 0 Å². The third kappa shape index (κ3) is 6.22. The van der Waals surface area contributed by atoms with E-state index in [9.17, 15) is 9.59 Å². The molecule has 1 fully saturated rings. The van der Waals surface area contributed by atoms with E-state index in [0.717, 1.165) is 32.4 Å². The van der Waals surface area contributed by atoms with E-state index in [0.29, 0.717) is 18.9 Å². The lowest BCUT2D eigenvalue weighted by atomic mass is 10.0. The molecule has 0 unspecified atom stereocenters. The Morgan fingerprint density at radius 2 is 1.83 bits per heavy atom. The minimum Gasteiger partial charge on any atom is -0.343 e. The lowest BCUT2D eigenvalue weighted by Gasteiger charge is -2.32. The fraction of sp³-hybridized carbons (Fsp3) is 0.579. The van der Waals surface area contributed by atoms with Crippen LogP contribution >= 0.6 is 0 Å². The molecule has 2 N–H and O–H groups in total. The SMILES string of the molecule is CC(C)CC(=O)N1CCC(NC(=O)NCCc2ccccc2)CC1. The molecule has 132 valence electrons. The van der Waals surface area contributed by atoms with E-state index in [4.69, 9.17) is 0 Å². The number of hydrogen-bond acceptors (Lipinski definition) is 2. The maximum absolute atomic E-state index is 12.0. The van der Waals surface area contributed by atoms with E-state index < -0.39 is 0 Å². The molecular formula is C19H29N3O2. The van der Waals surface area contributed by atoms with Crippen LogP contribution in [0.5, 0.6) is 0 Å². The van der Waals surface area contributed by atoms with Crippen molar-refractivity contribution < 1.29 is 9.59 Å². The Hall–Kier alpha value is -2.04. The van der Waals surface area contributed by atoms with Gasteiger partial charge in [-0.1, -0.05) is 44.2 Å². The summed E-state index contributed by atoms with van der Waals surface area (Å²) >= 11 is 0. The number of likely N-dealkylation sites (tertiary alicyclic amines) is 1. The van der Waals surface area contributed by atoms with Gasteiger partial charge >= 0.3 is 6.03 Å². The summed E-state index contributed by atoms with van der Waals surface area (Å²) in [6.45, 7) is 6.22. The van der Waals surface area contributed by atoms with Gasteiger partial charge in [-0.05, 0) is 30.7 Å². The van der Waals surface area contributed by atoms with Crippen LogP contribution in [0.2, 0.25) is 0 Å². The predicted octanol–water partition coefficient (Wildman–Crippen LogP) is 2.57. The molecule has 0 aliphatic carbocycles. The highest BCUT2D eigenvalue weighted by molar-refractivity contribution is 5.76. The Bertz CT molecular complexity index is 523. The number of rotatable bonds is 6. The summed E-state index contributed by atoms with van der Waals surface area (Å²) in [6.07, 6.45) is 3.10. The molecule has 1 aromatic rings. The van der Waals surface area contributed by atoms with Crippen molar-refractivity contribution >= 4 is 11.9 Å². The summed E-state index contributed by atoms with van der Waals surface area (Å²) in [4.78, 5) is 25.9. The van der Waals surface area contributed by atoms with Gasteiger partial charge in [-0.15, -0.1) is 0 Å². The van der Waals surface area contributed by atoms with Crippen molar-refractivity contribution in [2.24, 2.45) is 5.92 Å². The second-order valence-electron chi connectivity index (χ2n) is 6.89. The molecule has 1 aromatic carbocycles. The third-order valence-electron chi connectivity index (χ3n) is 4.31. The van der Waals surface area contributed by atoms with E-state index in [1.165, 1.54) is 5.56 Å². The van der Waals surface area contributed by atoms with Gasteiger partial charge in [-0.25, -0.2) is 4.79 Å². The molecule has 5 nitrogen and oxygen atoms in total. The Balaban J connectivity index is 1.62. The number of nitrogens with zero attached hydrogens (tertiary/aromatic N) is 1. The molecule has 0 radical (unpaired) electrons. The normalized spacial score (nSPS) is 15.4. The van der Waals surface area contributed by atoms with Gasteiger partial charge in [0.1, 0.15) is 0 Å². The molecule has 1 saturated heterocycles. The number of carbonyl (C=O) groups excluding carboxylic acids is 2. The van der Waals surface area contributed by atoms with E-state index in [1.807, 2.05) is 23.1 Å². The first-order chi connectivity index (χ1) is 11.5. The summed E-state index contributed by atoms with van der Waals surface area (Å²) < 4.78 is 0. The molecule has 5 heteroatoms. The molecule has 0 atom stereocenters. The van der Waals surface area contributed by atoms with Gasteiger partial charge in [0.25, 0.3) is 0 Å². The standard InChI is InChI=1S/C19H29N3O2/c1-15(2)14-18(23)22-12-9-17(10-13-22)21-19(24)20-11-8-16-6-4-3-5-7-16/h3-7,15,17H,8-14H2,1-2H3,(H2,20,21,24). The summed E-state index contributed by atoms with van der Waals surface area (Å²) in [5.74, 6) is 0.625. The molecule has 24 heavy (non-hydrogen) atoms. The van der Waals surface area contributed by atoms with Crippen LogP contribution in [-0.4, -0.2) is 42.5 Å². The van der Waals surface area contributed by atoms with Crippen molar-refractivity contribution in [3.63, 3.8) is 0 Å². The number of benzene rings is 1. The van der Waals surface area contributed by atoms with Crippen molar-refractivity contribution in [1.82, 2.24) is 15.5 Å². The number of hydrogen-bond donors (Lipinski definition) is 2. The summed E-state index contributed by atoms with van der Waals surface area (Å²) in [5.41, 5.74) is 1.22. The van der Waals surface area contributed by atoms with Gasteiger partial charge in [0, 0.05) is 32.1 Å². The number of carbonyl (C=O) groups is 2. The zero-order valence-electron chi connectivity index (χ0n) is 14.8. The first-order valence-corrected chi connectivity index (χ1v) is 8.90. The van der Waals surface area contributed by atoms with E-state index in [2.05, 4.69) is 36.6 Å². The fourth-order valence-corrected chi connectivity index (χ4v) is 2.95. The monoisotopic (exact) mass is 331 g/mol. The van der Waals surface area contributed by atoms with Gasteiger partial charge in [0.15, 0.2) is 0 Å². The van der Waals surface area contributed by atoms with Gasteiger partial charge in [0.2, 0.25) is 5.91 Å².